The minimum absolute atomic E-state index is 0.140. The van der Waals surface area contributed by atoms with E-state index in [0.29, 0.717) is 28.0 Å². The van der Waals surface area contributed by atoms with E-state index in [-0.39, 0.29) is 12.5 Å². The monoisotopic (exact) mass is 411 g/mol. The van der Waals surface area contributed by atoms with Gasteiger partial charge in [0.15, 0.2) is 6.61 Å². The number of carbonyl (C=O) groups is 1. The van der Waals surface area contributed by atoms with E-state index in [4.69, 9.17) is 25.8 Å². The lowest BCUT2D eigenvalue weighted by atomic mass is 10.0. The molecule has 150 valence electrons. The summed E-state index contributed by atoms with van der Waals surface area (Å²) < 4.78 is 16.2. The standard InChI is InChI=1S/C23H22ClNO4/c1-27-21-14-22(28-2)19(13-18(21)24)25-23(26)15-29-20-11-7-6-10-17(20)12-16-8-4-3-5-9-16/h3-11,13-14H,12,15H2,1-2H3,(H,25,26). The van der Waals surface area contributed by atoms with E-state index in [0.717, 1.165) is 12.0 Å². The Bertz CT molecular complexity index is 976. The molecule has 0 saturated carbocycles. The molecule has 0 aromatic heterocycles. The van der Waals surface area contributed by atoms with E-state index in [9.17, 15) is 4.79 Å². The van der Waals surface area contributed by atoms with E-state index in [1.54, 1.807) is 12.1 Å². The highest BCUT2D eigenvalue weighted by Gasteiger charge is 2.13. The highest BCUT2D eigenvalue weighted by Crippen LogP contribution is 2.35. The number of halogens is 1. The minimum Gasteiger partial charge on any atom is -0.495 e. The molecule has 29 heavy (non-hydrogen) atoms. The van der Waals surface area contributed by atoms with Gasteiger partial charge in [0.25, 0.3) is 5.91 Å². The van der Waals surface area contributed by atoms with Crippen LogP contribution in [-0.4, -0.2) is 26.7 Å². The molecule has 0 aliphatic heterocycles. The van der Waals surface area contributed by atoms with Crippen LogP contribution in [0.15, 0.2) is 66.7 Å². The first-order valence-corrected chi connectivity index (χ1v) is 9.44. The number of carbonyl (C=O) groups excluding carboxylic acids is 1. The first kappa shape index (κ1) is 20.6. The Morgan fingerprint density at radius 2 is 1.59 bits per heavy atom. The quantitative estimate of drug-likeness (QED) is 0.568. The number of para-hydroxylation sites is 1. The maximum Gasteiger partial charge on any atom is 0.262 e. The smallest absolute Gasteiger partial charge is 0.262 e. The molecule has 5 nitrogen and oxygen atoms in total. The van der Waals surface area contributed by atoms with Gasteiger partial charge in [0.2, 0.25) is 0 Å². The molecular formula is C23H22ClNO4. The third kappa shape index (κ3) is 5.42. The molecule has 0 heterocycles. The number of amides is 1. The number of anilines is 1. The third-order valence-electron chi connectivity index (χ3n) is 4.32. The van der Waals surface area contributed by atoms with Gasteiger partial charge >= 0.3 is 0 Å². The average molecular weight is 412 g/mol. The molecule has 0 aliphatic carbocycles. The first-order valence-electron chi connectivity index (χ1n) is 9.06. The van der Waals surface area contributed by atoms with Crippen LogP contribution in [0.3, 0.4) is 0 Å². The maximum absolute atomic E-state index is 12.4. The number of ether oxygens (including phenoxy) is 3. The number of nitrogens with one attached hydrogen (secondary N) is 1. The Kier molecular flexibility index (Phi) is 6.98. The van der Waals surface area contributed by atoms with Crippen molar-refractivity contribution in [2.24, 2.45) is 0 Å². The Labute approximate surface area is 175 Å². The van der Waals surface area contributed by atoms with Crippen molar-refractivity contribution in [3.05, 3.63) is 82.9 Å². The van der Waals surface area contributed by atoms with Crippen molar-refractivity contribution in [1.82, 2.24) is 0 Å². The summed E-state index contributed by atoms with van der Waals surface area (Å²) in [5.74, 6) is 1.27. The molecule has 1 amide bonds. The van der Waals surface area contributed by atoms with Gasteiger partial charge in [-0.05, 0) is 23.3 Å². The Balaban J connectivity index is 1.67. The van der Waals surface area contributed by atoms with Gasteiger partial charge in [0, 0.05) is 12.5 Å². The molecule has 6 heteroatoms. The maximum atomic E-state index is 12.4. The highest BCUT2D eigenvalue weighted by atomic mass is 35.5. The number of hydrogen-bond donors (Lipinski definition) is 1. The van der Waals surface area contributed by atoms with Gasteiger partial charge in [-0.1, -0.05) is 60.1 Å². The summed E-state index contributed by atoms with van der Waals surface area (Å²) >= 11 is 6.15. The Morgan fingerprint density at radius 3 is 2.31 bits per heavy atom. The van der Waals surface area contributed by atoms with Crippen molar-refractivity contribution < 1.29 is 19.0 Å². The predicted octanol–water partition coefficient (Wildman–Crippen LogP) is 4.97. The minimum atomic E-state index is -0.320. The molecule has 3 aromatic carbocycles. The molecule has 0 radical (unpaired) electrons. The second-order valence-corrected chi connectivity index (χ2v) is 6.70. The van der Waals surface area contributed by atoms with Gasteiger partial charge in [-0.2, -0.15) is 0 Å². The Hall–Kier alpha value is -3.18. The number of benzene rings is 3. The van der Waals surface area contributed by atoms with Crippen LogP contribution < -0.4 is 19.5 Å². The van der Waals surface area contributed by atoms with Crippen molar-refractivity contribution in [1.29, 1.82) is 0 Å². The van der Waals surface area contributed by atoms with Crippen molar-refractivity contribution in [3.63, 3.8) is 0 Å². The number of methoxy groups -OCH3 is 2. The second-order valence-electron chi connectivity index (χ2n) is 6.29. The summed E-state index contributed by atoms with van der Waals surface area (Å²) in [7, 11) is 3.02. The van der Waals surface area contributed by atoms with Crippen molar-refractivity contribution in [3.8, 4) is 17.2 Å². The van der Waals surface area contributed by atoms with E-state index in [1.807, 2.05) is 42.5 Å². The topological polar surface area (TPSA) is 56.8 Å². The zero-order chi connectivity index (χ0) is 20.6. The van der Waals surface area contributed by atoms with E-state index in [1.165, 1.54) is 19.8 Å². The largest absolute Gasteiger partial charge is 0.495 e. The lowest BCUT2D eigenvalue weighted by molar-refractivity contribution is -0.118. The molecule has 0 spiro atoms. The summed E-state index contributed by atoms with van der Waals surface area (Å²) in [5, 5.41) is 3.14. The predicted molar refractivity (Wildman–Crippen MR) is 114 cm³/mol. The second kappa shape index (κ2) is 9.85. The average Bonchev–Trinajstić information content (AvgIpc) is 2.74. The van der Waals surface area contributed by atoms with Gasteiger partial charge in [-0.15, -0.1) is 0 Å². The van der Waals surface area contributed by atoms with Crippen LogP contribution in [-0.2, 0) is 11.2 Å². The van der Waals surface area contributed by atoms with E-state index >= 15 is 0 Å². The summed E-state index contributed by atoms with van der Waals surface area (Å²) in [6, 6.07) is 21.0. The molecule has 3 aromatic rings. The van der Waals surface area contributed by atoms with Crippen molar-refractivity contribution >= 4 is 23.2 Å². The highest BCUT2D eigenvalue weighted by molar-refractivity contribution is 6.32. The van der Waals surface area contributed by atoms with Gasteiger partial charge in [-0.25, -0.2) is 0 Å². The molecule has 0 unspecified atom stereocenters. The fraction of sp³-hybridized carbons (Fsp3) is 0.174. The molecule has 1 N–H and O–H groups in total. The van der Waals surface area contributed by atoms with Crippen molar-refractivity contribution in [2.45, 2.75) is 6.42 Å². The molecule has 3 rings (SSSR count). The van der Waals surface area contributed by atoms with Gasteiger partial charge in [-0.3, -0.25) is 4.79 Å². The molecule has 0 atom stereocenters. The number of hydrogen-bond acceptors (Lipinski definition) is 4. The molecule has 0 fully saturated rings. The molecule has 0 bridgehead atoms. The summed E-state index contributed by atoms with van der Waals surface area (Å²) in [6.07, 6.45) is 0.723. The SMILES string of the molecule is COc1cc(OC)c(NC(=O)COc2ccccc2Cc2ccccc2)cc1Cl. The lowest BCUT2D eigenvalue weighted by Crippen LogP contribution is -2.21. The van der Waals surface area contributed by atoms with E-state index in [2.05, 4.69) is 17.4 Å². The molecule has 0 aliphatic rings. The van der Waals surface area contributed by atoms with Crippen LogP contribution in [0.4, 0.5) is 5.69 Å². The summed E-state index contributed by atoms with van der Waals surface area (Å²) in [4.78, 5) is 12.4. The third-order valence-corrected chi connectivity index (χ3v) is 4.61. The van der Waals surface area contributed by atoms with E-state index < -0.39 is 0 Å². The fourth-order valence-corrected chi connectivity index (χ4v) is 3.13. The van der Waals surface area contributed by atoms with Crippen LogP contribution >= 0.6 is 11.6 Å². The van der Waals surface area contributed by atoms with Crippen LogP contribution in [0.1, 0.15) is 11.1 Å². The van der Waals surface area contributed by atoms with Gasteiger partial charge < -0.3 is 19.5 Å². The zero-order valence-electron chi connectivity index (χ0n) is 16.3. The Morgan fingerprint density at radius 1 is 0.897 bits per heavy atom. The van der Waals surface area contributed by atoms with Crippen LogP contribution in [0.25, 0.3) is 0 Å². The zero-order valence-corrected chi connectivity index (χ0v) is 17.0. The normalized spacial score (nSPS) is 10.3. The van der Waals surface area contributed by atoms with Crippen molar-refractivity contribution in [2.75, 3.05) is 26.1 Å². The fourth-order valence-electron chi connectivity index (χ4n) is 2.89. The van der Waals surface area contributed by atoms with Gasteiger partial charge in [0.05, 0.1) is 24.9 Å². The van der Waals surface area contributed by atoms with Gasteiger partial charge in [0.1, 0.15) is 17.2 Å². The van der Waals surface area contributed by atoms with Crippen LogP contribution in [0.5, 0.6) is 17.2 Å². The molecular weight excluding hydrogens is 390 g/mol. The summed E-state index contributed by atoms with van der Waals surface area (Å²) in [5.41, 5.74) is 2.63. The molecule has 0 saturated heterocycles. The number of rotatable bonds is 8. The lowest BCUT2D eigenvalue weighted by Gasteiger charge is -2.14. The first-order chi connectivity index (χ1) is 14.1. The summed E-state index contributed by atoms with van der Waals surface area (Å²) in [6.45, 7) is -0.140. The van der Waals surface area contributed by atoms with Crippen LogP contribution in [0, 0.1) is 0 Å². The van der Waals surface area contributed by atoms with Crippen LogP contribution in [0.2, 0.25) is 5.02 Å².